The van der Waals surface area contributed by atoms with Gasteiger partial charge < -0.3 is 20.3 Å². The van der Waals surface area contributed by atoms with Gasteiger partial charge in [0.2, 0.25) is 0 Å². The number of thiocarbonyl (C=S) groups is 1. The Kier molecular flexibility index (Phi) is 6.98. The van der Waals surface area contributed by atoms with Crippen molar-refractivity contribution in [1.29, 1.82) is 0 Å². The molecule has 2 aromatic carbocycles. The maximum Gasteiger partial charge on any atom is 0.288 e. The Labute approximate surface area is 183 Å². The van der Waals surface area contributed by atoms with Crippen LogP contribution in [0.4, 0.5) is 5.69 Å². The van der Waals surface area contributed by atoms with E-state index < -0.39 is 0 Å². The van der Waals surface area contributed by atoms with Crippen molar-refractivity contribution in [2.24, 2.45) is 0 Å². The molecule has 0 atom stereocenters. The van der Waals surface area contributed by atoms with E-state index in [9.17, 15) is 10.2 Å². The summed E-state index contributed by atoms with van der Waals surface area (Å²) in [5, 5.41) is 23.7. The van der Waals surface area contributed by atoms with E-state index in [0.717, 1.165) is 15.9 Å². The molecule has 0 amide bonds. The first kappa shape index (κ1) is 21.0. The first-order valence-electron chi connectivity index (χ1n) is 8.78. The van der Waals surface area contributed by atoms with Crippen LogP contribution in [0.3, 0.4) is 0 Å². The van der Waals surface area contributed by atoms with Crippen molar-refractivity contribution >= 4 is 50.3 Å². The van der Waals surface area contributed by atoms with E-state index in [2.05, 4.69) is 21.2 Å². The average Bonchev–Trinajstić information content (AvgIpc) is 2.75. The second-order valence-corrected chi connectivity index (χ2v) is 7.49. The van der Waals surface area contributed by atoms with Gasteiger partial charge in [-0.25, -0.2) is 0 Å². The van der Waals surface area contributed by atoms with Crippen molar-refractivity contribution in [2.75, 3.05) is 12.4 Å². The van der Waals surface area contributed by atoms with Gasteiger partial charge in [0.1, 0.15) is 5.75 Å². The van der Waals surface area contributed by atoms with Gasteiger partial charge in [-0.1, -0.05) is 28.1 Å². The number of pyridine rings is 1. The number of hydrogen-bond acceptors (Lipinski definition) is 4. The molecule has 7 heteroatoms. The molecule has 0 bridgehead atoms. The summed E-state index contributed by atoms with van der Waals surface area (Å²) in [5.41, 5.74) is 2.47. The number of aliphatic hydroxyl groups excluding tert-OH is 2. The molecule has 0 saturated heterocycles. The number of nitrogens with zero attached hydrogens (tertiary/aromatic N) is 1. The third-order valence-corrected chi connectivity index (χ3v) is 5.03. The Balaban J connectivity index is 2.04. The zero-order valence-electron chi connectivity index (χ0n) is 15.7. The van der Waals surface area contributed by atoms with Crippen LogP contribution in [0.5, 0.6) is 5.75 Å². The molecule has 5 nitrogen and oxygen atoms in total. The number of aromatic nitrogens is 1. The topological polar surface area (TPSA) is 65.6 Å². The van der Waals surface area contributed by atoms with Crippen LogP contribution in [0, 0.1) is 0 Å². The number of nitrogens with one attached hydrogen (secondary N) is 1. The predicted octanol–water partition coefficient (Wildman–Crippen LogP) is 4.56. The van der Waals surface area contributed by atoms with Crippen molar-refractivity contribution < 1.29 is 19.5 Å². The third kappa shape index (κ3) is 5.20. The highest BCUT2D eigenvalue weighted by Crippen LogP contribution is 2.22. The molecule has 0 saturated carbocycles. The van der Waals surface area contributed by atoms with E-state index in [1.54, 1.807) is 48.3 Å². The molecule has 0 spiro atoms. The second kappa shape index (κ2) is 9.65. The Morgan fingerprint density at radius 1 is 1.10 bits per heavy atom. The van der Waals surface area contributed by atoms with Crippen LogP contribution in [-0.2, 0) is 6.61 Å². The highest BCUT2D eigenvalue weighted by Gasteiger charge is 2.24. The molecule has 148 valence electrons. The fourth-order valence-electron chi connectivity index (χ4n) is 2.71. The van der Waals surface area contributed by atoms with Crippen molar-refractivity contribution in [1.82, 2.24) is 0 Å². The van der Waals surface area contributed by atoms with Crippen LogP contribution >= 0.6 is 28.1 Å². The zero-order valence-corrected chi connectivity index (χ0v) is 18.1. The lowest BCUT2D eigenvalue weighted by atomic mass is 10.1. The number of hydrogen-bond donors (Lipinski definition) is 3. The zero-order chi connectivity index (χ0) is 20.8. The van der Waals surface area contributed by atoms with Crippen molar-refractivity contribution in [2.45, 2.75) is 6.61 Å². The number of anilines is 1. The van der Waals surface area contributed by atoms with Gasteiger partial charge in [-0.15, -0.1) is 0 Å². The SMILES string of the molecule is COc1ccc(NC(=S)/C(=C(\O)c2ccc(Br)cc2)[n+]2cccc(CO)c2)cc1. The van der Waals surface area contributed by atoms with Gasteiger partial charge in [-0.05, 0) is 54.6 Å². The van der Waals surface area contributed by atoms with Gasteiger partial charge in [0.15, 0.2) is 23.1 Å². The number of benzene rings is 2. The Bertz CT molecular complexity index is 1030. The Morgan fingerprint density at radius 2 is 1.79 bits per heavy atom. The van der Waals surface area contributed by atoms with Crippen LogP contribution in [0.15, 0.2) is 77.5 Å². The Hall–Kier alpha value is -2.74. The van der Waals surface area contributed by atoms with Crippen LogP contribution in [0.2, 0.25) is 0 Å². The van der Waals surface area contributed by atoms with Gasteiger partial charge in [-0.3, -0.25) is 0 Å². The highest BCUT2D eigenvalue weighted by molar-refractivity contribution is 9.10. The van der Waals surface area contributed by atoms with Crippen molar-refractivity contribution in [3.05, 3.63) is 88.7 Å². The lowest BCUT2D eigenvalue weighted by molar-refractivity contribution is -0.576. The summed E-state index contributed by atoms with van der Waals surface area (Å²) < 4.78 is 7.78. The van der Waals surface area contributed by atoms with Crippen molar-refractivity contribution in [3.63, 3.8) is 0 Å². The fraction of sp³-hybridized carbons (Fsp3) is 0.0909. The number of ether oxygens (including phenoxy) is 1. The summed E-state index contributed by atoms with van der Waals surface area (Å²) >= 11 is 9.03. The molecule has 1 heterocycles. The van der Waals surface area contributed by atoms with Gasteiger partial charge in [0.05, 0.1) is 13.7 Å². The van der Waals surface area contributed by atoms with E-state index in [0.29, 0.717) is 21.8 Å². The number of halogens is 1. The van der Waals surface area contributed by atoms with E-state index in [4.69, 9.17) is 17.0 Å². The van der Waals surface area contributed by atoms with E-state index >= 15 is 0 Å². The summed E-state index contributed by atoms with van der Waals surface area (Å²) in [4.78, 5) is 0.329. The van der Waals surface area contributed by atoms with Crippen LogP contribution < -0.4 is 14.6 Å². The summed E-state index contributed by atoms with van der Waals surface area (Å²) in [5.74, 6) is 0.753. The predicted molar refractivity (Wildman–Crippen MR) is 122 cm³/mol. The Morgan fingerprint density at radius 3 is 2.41 bits per heavy atom. The molecule has 3 aromatic rings. The standard InChI is InChI=1S/C22H19BrN2O3S/c1-28-19-10-8-18(9-11-19)24-22(29)20(25-12-2-3-15(13-25)14-26)21(27)16-4-6-17(23)7-5-16/h2-13,26H,14H2,1H3,(H-,24,27,29)/p+1. The van der Waals surface area contributed by atoms with Gasteiger partial charge in [-0.2, -0.15) is 4.57 Å². The third-order valence-electron chi connectivity index (χ3n) is 4.21. The molecule has 0 radical (unpaired) electrons. The molecule has 3 rings (SSSR count). The summed E-state index contributed by atoms with van der Waals surface area (Å²) in [6.07, 6.45) is 3.50. The molecule has 1 aromatic heterocycles. The second-order valence-electron chi connectivity index (χ2n) is 6.16. The molecule has 29 heavy (non-hydrogen) atoms. The minimum atomic E-state index is -0.119. The molecular weight excluding hydrogens is 452 g/mol. The average molecular weight is 472 g/mol. The summed E-state index contributed by atoms with van der Waals surface area (Å²) in [7, 11) is 1.61. The minimum Gasteiger partial charge on any atom is -0.502 e. The van der Waals surface area contributed by atoms with E-state index in [-0.39, 0.29) is 12.4 Å². The molecule has 0 unspecified atom stereocenters. The van der Waals surface area contributed by atoms with Gasteiger partial charge in [0, 0.05) is 27.4 Å². The lowest BCUT2D eigenvalue weighted by Gasteiger charge is -2.11. The fourth-order valence-corrected chi connectivity index (χ4v) is 3.30. The lowest BCUT2D eigenvalue weighted by Crippen LogP contribution is -2.39. The van der Waals surface area contributed by atoms with Crippen molar-refractivity contribution in [3.8, 4) is 5.75 Å². The van der Waals surface area contributed by atoms with Crippen LogP contribution in [0.25, 0.3) is 11.5 Å². The maximum atomic E-state index is 11.1. The number of rotatable bonds is 6. The highest BCUT2D eigenvalue weighted by atomic mass is 79.9. The molecular formula is C22H20BrN2O3S+. The minimum absolute atomic E-state index is 0.0172. The maximum absolute atomic E-state index is 11.1. The van der Waals surface area contributed by atoms with Crippen LogP contribution in [0.1, 0.15) is 11.1 Å². The summed E-state index contributed by atoms with van der Waals surface area (Å²) in [6, 6.07) is 18.2. The van der Waals surface area contributed by atoms with Gasteiger partial charge in [0.25, 0.3) is 5.70 Å². The molecule has 0 fully saturated rings. The number of methoxy groups -OCH3 is 1. The first-order valence-corrected chi connectivity index (χ1v) is 9.98. The van der Waals surface area contributed by atoms with E-state index in [1.165, 1.54) is 0 Å². The number of aliphatic hydroxyl groups is 2. The smallest absolute Gasteiger partial charge is 0.288 e. The van der Waals surface area contributed by atoms with Gasteiger partial charge >= 0.3 is 0 Å². The molecule has 0 aliphatic carbocycles. The van der Waals surface area contributed by atoms with Crippen LogP contribution in [-0.4, -0.2) is 22.3 Å². The quantitative estimate of drug-likeness (QED) is 0.213. The first-order chi connectivity index (χ1) is 14.0. The normalized spacial score (nSPS) is 11.6. The largest absolute Gasteiger partial charge is 0.502 e. The van der Waals surface area contributed by atoms with E-state index in [1.807, 2.05) is 36.4 Å². The molecule has 0 aliphatic rings. The monoisotopic (exact) mass is 471 g/mol. The molecule has 3 N–H and O–H groups in total. The summed E-state index contributed by atoms with van der Waals surface area (Å²) in [6.45, 7) is -0.119. The molecule has 0 aliphatic heterocycles.